The molecular formula is C12H14N4O3. The number of nitrogens with zero attached hydrogens (tertiary/aromatic N) is 3. The average Bonchev–Trinajstić information content (AvgIpc) is 3.04. The first kappa shape index (κ1) is 11.8. The minimum Gasteiger partial charge on any atom is -0.453 e. The summed E-state index contributed by atoms with van der Waals surface area (Å²) in [5.41, 5.74) is 1.27. The summed E-state index contributed by atoms with van der Waals surface area (Å²) in [7, 11) is 1.36. The highest BCUT2D eigenvalue weighted by Crippen LogP contribution is 2.23. The van der Waals surface area contributed by atoms with E-state index < -0.39 is 6.09 Å². The number of amides is 1. The lowest BCUT2D eigenvalue weighted by molar-refractivity contribution is 0.167. The van der Waals surface area contributed by atoms with Crippen molar-refractivity contribution in [1.29, 1.82) is 0 Å². The van der Waals surface area contributed by atoms with Crippen LogP contribution in [0.1, 0.15) is 6.42 Å². The minimum absolute atomic E-state index is 0.0513. The van der Waals surface area contributed by atoms with Crippen molar-refractivity contribution < 1.29 is 13.9 Å². The monoisotopic (exact) mass is 262 g/mol. The molecule has 7 heteroatoms. The number of ether oxygens (including phenoxy) is 1. The van der Waals surface area contributed by atoms with Gasteiger partial charge in [0.05, 0.1) is 13.2 Å². The summed E-state index contributed by atoms with van der Waals surface area (Å²) in [6.07, 6.45) is 2.10. The lowest BCUT2D eigenvalue weighted by Gasteiger charge is -2.13. The number of alkyl carbamates (subject to hydrolysis) is 1. The van der Waals surface area contributed by atoms with Gasteiger partial charge in [-0.05, 0) is 18.6 Å². The second-order valence-corrected chi connectivity index (χ2v) is 4.39. The Bertz CT molecular complexity index is 564. The molecule has 1 atom stereocenters. The summed E-state index contributed by atoms with van der Waals surface area (Å²) in [6.45, 7) is 1.43. The van der Waals surface area contributed by atoms with E-state index in [2.05, 4.69) is 20.0 Å². The molecule has 1 N–H and O–H groups in total. The maximum atomic E-state index is 11.2. The Morgan fingerprint density at radius 3 is 3.32 bits per heavy atom. The Morgan fingerprint density at radius 2 is 2.53 bits per heavy atom. The number of nitrogens with one attached hydrogen (secondary N) is 1. The van der Waals surface area contributed by atoms with Gasteiger partial charge in [0.15, 0.2) is 5.58 Å². The molecule has 0 saturated carbocycles. The summed E-state index contributed by atoms with van der Waals surface area (Å²) in [5.74, 6) is 0. The molecule has 0 radical (unpaired) electrons. The number of hydrogen-bond donors (Lipinski definition) is 1. The van der Waals surface area contributed by atoms with Crippen molar-refractivity contribution in [2.75, 3.05) is 25.1 Å². The van der Waals surface area contributed by atoms with Gasteiger partial charge < -0.3 is 19.4 Å². The fraction of sp³-hybridized carbons (Fsp3) is 0.417. The maximum Gasteiger partial charge on any atom is 0.407 e. The zero-order valence-corrected chi connectivity index (χ0v) is 10.5. The van der Waals surface area contributed by atoms with E-state index in [1.54, 1.807) is 6.20 Å². The minimum atomic E-state index is -0.411. The van der Waals surface area contributed by atoms with E-state index in [0.29, 0.717) is 23.8 Å². The molecule has 2 aromatic heterocycles. The number of pyridine rings is 1. The second kappa shape index (κ2) is 4.75. The zero-order chi connectivity index (χ0) is 13.2. The Balaban J connectivity index is 1.72. The first-order valence-corrected chi connectivity index (χ1v) is 6.07. The molecule has 1 aliphatic rings. The molecular weight excluding hydrogens is 248 g/mol. The number of methoxy groups -OCH3 is 1. The van der Waals surface area contributed by atoms with Crippen LogP contribution < -0.4 is 10.2 Å². The molecule has 1 aliphatic heterocycles. The van der Waals surface area contributed by atoms with Crippen molar-refractivity contribution in [3.63, 3.8) is 0 Å². The number of carbonyl (C=O) groups excluding carboxylic acids is 1. The molecule has 3 heterocycles. The molecule has 0 aromatic carbocycles. The van der Waals surface area contributed by atoms with Crippen LogP contribution in [0, 0.1) is 0 Å². The molecule has 1 fully saturated rings. The van der Waals surface area contributed by atoms with E-state index in [9.17, 15) is 4.79 Å². The van der Waals surface area contributed by atoms with Gasteiger partial charge in [0.1, 0.15) is 0 Å². The van der Waals surface area contributed by atoms with Crippen molar-refractivity contribution in [1.82, 2.24) is 15.3 Å². The van der Waals surface area contributed by atoms with Crippen molar-refractivity contribution in [2.45, 2.75) is 12.5 Å². The molecule has 3 rings (SSSR count). The van der Waals surface area contributed by atoms with Crippen LogP contribution in [-0.2, 0) is 4.74 Å². The van der Waals surface area contributed by atoms with Crippen LogP contribution in [-0.4, -0.2) is 42.3 Å². The molecule has 1 saturated heterocycles. The Kier molecular flexibility index (Phi) is 2.94. The highest BCUT2D eigenvalue weighted by molar-refractivity contribution is 5.70. The molecule has 1 amide bonds. The van der Waals surface area contributed by atoms with E-state index >= 15 is 0 Å². The zero-order valence-electron chi connectivity index (χ0n) is 10.5. The van der Waals surface area contributed by atoms with Gasteiger partial charge in [-0.1, -0.05) is 0 Å². The molecule has 0 bridgehead atoms. The van der Waals surface area contributed by atoms with Gasteiger partial charge in [-0.2, -0.15) is 4.98 Å². The molecule has 7 nitrogen and oxygen atoms in total. The lowest BCUT2D eigenvalue weighted by atomic mass is 10.3. The van der Waals surface area contributed by atoms with E-state index in [0.717, 1.165) is 13.0 Å². The smallest absolute Gasteiger partial charge is 0.407 e. The molecule has 100 valence electrons. The summed E-state index contributed by atoms with van der Waals surface area (Å²) in [5, 5.41) is 2.77. The lowest BCUT2D eigenvalue weighted by Crippen LogP contribution is -2.37. The van der Waals surface area contributed by atoms with Gasteiger partial charge in [0, 0.05) is 19.3 Å². The van der Waals surface area contributed by atoms with Crippen molar-refractivity contribution in [2.24, 2.45) is 0 Å². The van der Waals surface area contributed by atoms with Crippen LogP contribution in [0.4, 0.5) is 10.8 Å². The Labute approximate surface area is 109 Å². The van der Waals surface area contributed by atoms with Crippen LogP contribution in [0.5, 0.6) is 0 Å². The third-order valence-corrected chi connectivity index (χ3v) is 3.12. The van der Waals surface area contributed by atoms with Gasteiger partial charge in [-0.25, -0.2) is 9.78 Å². The predicted molar refractivity (Wildman–Crippen MR) is 68.0 cm³/mol. The van der Waals surface area contributed by atoms with Gasteiger partial charge in [0.25, 0.3) is 6.01 Å². The number of fused-ring (bicyclic) bond motifs is 1. The first-order valence-electron chi connectivity index (χ1n) is 6.07. The largest absolute Gasteiger partial charge is 0.453 e. The number of hydrogen-bond acceptors (Lipinski definition) is 6. The van der Waals surface area contributed by atoms with Crippen LogP contribution in [0.2, 0.25) is 0 Å². The van der Waals surface area contributed by atoms with Crippen LogP contribution in [0.3, 0.4) is 0 Å². The third kappa shape index (κ3) is 2.31. The van der Waals surface area contributed by atoms with Crippen LogP contribution >= 0.6 is 0 Å². The quantitative estimate of drug-likeness (QED) is 0.874. The molecule has 2 aromatic rings. The summed E-state index contributed by atoms with van der Waals surface area (Å²) in [6, 6.07) is 4.24. The van der Waals surface area contributed by atoms with Crippen molar-refractivity contribution in [3.05, 3.63) is 18.3 Å². The Hall–Kier alpha value is -2.31. The van der Waals surface area contributed by atoms with Crippen molar-refractivity contribution >= 4 is 23.3 Å². The van der Waals surface area contributed by atoms with E-state index in [4.69, 9.17) is 4.42 Å². The molecule has 0 spiro atoms. The summed E-state index contributed by atoms with van der Waals surface area (Å²) >= 11 is 0. The van der Waals surface area contributed by atoms with Gasteiger partial charge >= 0.3 is 6.09 Å². The van der Waals surface area contributed by atoms with Gasteiger partial charge in [-0.3, -0.25) is 0 Å². The number of anilines is 1. The van der Waals surface area contributed by atoms with E-state index in [-0.39, 0.29) is 6.04 Å². The third-order valence-electron chi connectivity index (χ3n) is 3.12. The number of carbonyl (C=O) groups is 1. The highest BCUT2D eigenvalue weighted by atomic mass is 16.5. The second-order valence-electron chi connectivity index (χ2n) is 4.39. The number of oxazole rings is 1. The molecule has 0 aliphatic carbocycles. The van der Waals surface area contributed by atoms with Crippen molar-refractivity contribution in [3.8, 4) is 0 Å². The topological polar surface area (TPSA) is 80.5 Å². The number of aromatic nitrogens is 2. The standard InChI is InChI=1S/C12H14N4O3/c1-18-12(17)14-8-4-6-16(7-8)11-15-10-9(19-11)3-2-5-13-10/h2-3,5,8H,4,6-7H2,1H3,(H,14,17). The molecule has 1 unspecified atom stereocenters. The fourth-order valence-electron chi connectivity index (χ4n) is 2.17. The van der Waals surface area contributed by atoms with Crippen LogP contribution in [0.15, 0.2) is 22.7 Å². The van der Waals surface area contributed by atoms with Gasteiger partial charge in [0.2, 0.25) is 5.65 Å². The predicted octanol–water partition coefficient (Wildman–Crippen LogP) is 1.16. The van der Waals surface area contributed by atoms with Crippen LogP contribution in [0.25, 0.3) is 11.2 Å². The Morgan fingerprint density at radius 1 is 1.63 bits per heavy atom. The van der Waals surface area contributed by atoms with E-state index in [1.807, 2.05) is 17.0 Å². The SMILES string of the molecule is COC(=O)NC1CCN(c2nc3ncccc3o2)C1. The first-order chi connectivity index (χ1) is 9.26. The summed E-state index contributed by atoms with van der Waals surface area (Å²) in [4.78, 5) is 21.6. The maximum absolute atomic E-state index is 11.2. The highest BCUT2D eigenvalue weighted by Gasteiger charge is 2.27. The average molecular weight is 262 g/mol. The fourth-order valence-corrected chi connectivity index (χ4v) is 2.17. The normalized spacial score (nSPS) is 18.8. The molecule has 19 heavy (non-hydrogen) atoms. The summed E-state index contributed by atoms with van der Waals surface area (Å²) < 4.78 is 10.2. The van der Waals surface area contributed by atoms with E-state index in [1.165, 1.54) is 7.11 Å². The number of rotatable bonds is 2. The van der Waals surface area contributed by atoms with Gasteiger partial charge in [-0.15, -0.1) is 0 Å².